The molecule has 0 spiro atoms. The Hall–Kier alpha value is -3.64. The zero-order valence-corrected chi connectivity index (χ0v) is 15.9. The minimum Gasteiger partial charge on any atom is -0.404 e. The van der Waals surface area contributed by atoms with E-state index in [0.29, 0.717) is 27.5 Å². The molecule has 0 aliphatic rings. The third-order valence-electron chi connectivity index (χ3n) is 4.51. The van der Waals surface area contributed by atoms with E-state index in [9.17, 15) is 4.39 Å². The van der Waals surface area contributed by atoms with Gasteiger partial charge in [0.05, 0.1) is 5.69 Å². The first-order chi connectivity index (χ1) is 14.1. The van der Waals surface area contributed by atoms with E-state index < -0.39 is 5.82 Å². The van der Waals surface area contributed by atoms with Gasteiger partial charge in [0.15, 0.2) is 5.65 Å². The number of pyridine rings is 3. The Kier molecular flexibility index (Phi) is 5.01. The van der Waals surface area contributed by atoms with Crippen LogP contribution in [0.2, 0.25) is 5.02 Å². The minimum atomic E-state index is -0.424. The van der Waals surface area contributed by atoms with Crippen LogP contribution in [-0.2, 0) is 0 Å². The second kappa shape index (κ2) is 7.77. The molecule has 3 N–H and O–H groups in total. The monoisotopic (exact) mass is 403 g/mol. The summed E-state index contributed by atoms with van der Waals surface area (Å²) in [5.74, 6) is -0.424. The fraction of sp³-hybridized carbons (Fsp3) is 0. The number of hydrogen-bond acceptors (Lipinski definition) is 5. The van der Waals surface area contributed by atoms with E-state index in [4.69, 9.17) is 22.7 Å². The van der Waals surface area contributed by atoms with Gasteiger partial charge in [0.25, 0.3) is 0 Å². The van der Waals surface area contributed by atoms with E-state index in [1.165, 1.54) is 30.6 Å². The summed E-state index contributed by atoms with van der Waals surface area (Å²) in [5, 5.41) is 8.73. The van der Waals surface area contributed by atoms with Crippen LogP contribution in [0.1, 0.15) is 5.56 Å². The van der Waals surface area contributed by atoms with Gasteiger partial charge in [0, 0.05) is 63.7 Å². The molecule has 0 saturated heterocycles. The van der Waals surface area contributed by atoms with Crippen molar-refractivity contribution in [2.45, 2.75) is 0 Å². The number of hydrogen-bond donors (Lipinski definition) is 2. The molecular formula is C22H15ClFN5. The van der Waals surface area contributed by atoms with Gasteiger partial charge in [-0.05, 0) is 48.0 Å². The average molecular weight is 404 g/mol. The lowest BCUT2D eigenvalue weighted by molar-refractivity contribution is 0.631. The van der Waals surface area contributed by atoms with Crippen LogP contribution >= 0.6 is 11.6 Å². The number of nitrogens with one attached hydrogen (secondary N) is 1. The van der Waals surface area contributed by atoms with E-state index in [1.807, 2.05) is 18.2 Å². The Balaban J connectivity index is 1.99. The number of nitrogens with two attached hydrogens (primary N) is 1. The van der Waals surface area contributed by atoms with Crippen molar-refractivity contribution < 1.29 is 4.39 Å². The number of rotatable bonds is 4. The third-order valence-corrected chi connectivity index (χ3v) is 4.74. The van der Waals surface area contributed by atoms with Gasteiger partial charge in [-0.1, -0.05) is 11.6 Å². The summed E-state index contributed by atoms with van der Waals surface area (Å²) < 4.78 is 14.5. The zero-order chi connectivity index (χ0) is 20.4. The van der Waals surface area contributed by atoms with Gasteiger partial charge in [-0.15, -0.1) is 0 Å². The Morgan fingerprint density at radius 3 is 2.76 bits per heavy atom. The van der Waals surface area contributed by atoms with Gasteiger partial charge in [0.2, 0.25) is 0 Å². The van der Waals surface area contributed by atoms with Gasteiger partial charge in [0.1, 0.15) is 5.82 Å². The predicted octanol–water partition coefficient (Wildman–Crippen LogP) is 5.10. The number of nitrogens with zero attached hydrogens (tertiary/aromatic N) is 3. The Labute approximate surface area is 171 Å². The van der Waals surface area contributed by atoms with E-state index >= 15 is 0 Å². The maximum absolute atomic E-state index is 14.5. The fourth-order valence-electron chi connectivity index (χ4n) is 3.10. The highest BCUT2D eigenvalue weighted by Gasteiger charge is 2.14. The second-order valence-electron chi connectivity index (χ2n) is 6.28. The lowest BCUT2D eigenvalue weighted by atomic mass is 9.98. The molecule has 7 heteroatoms. The molecule has 0 fully saturated rings. The molecule has 0 atom stereocenters. The Morgan fingerprint density at radius 1 is 1.10 bits per heavy atom. The zero-order valence-electron chi connectivity index (χ0n) is 15.1. The molecule has 1 aromatic carbocycles. The molecule has 0 aliphatic carbocycles. The number of aromatic nitrogens is 3. The average Bonchev–Trinajstić information content (AvgIpc) is 2.76. The topological polar surface area (TPSA) is 88.5 Å². The third kappa shape index (κ3) is 3.58. The molecule has 4 aromatic rings. The van der Waals surface area contributed by atoms with E-state index in [0.717, 1.165) is 16.5 Å². The van der Waals surface area contributed by atoms with Crippen molar-refractivity contribution in [3.8, 4) is 22.4 Å². The molecule has 0 amide bonds. The van der Waals surface area contributed by atoms with Gasteiger partial charge in [-0.25, -0.2) is 14.4 Å². The molecule has 5 nitrogen and oxygen atoms in total. The summed E-state index contributed by atoms with van der Waals surface area (Å²) in [6, 6.07) is 11.7. The molecule has 0 radical (unpaired) electrons. The first-order valence-corrected chi connectivity index (χ1v) is 9.08. The maximum atomic E-state index is 14.5. The van der Waals surface area contributed by atoms with Crippen molar-refractivity contribution in [1.29, 1.82) is 5.41 Å². The van der Waals surface area contributed by atoms with E-state index in [1.54, 1.807) is 24.7 Å². The van der Waals surface area contributed by atoms with Crippen LogP contribution in [0.15, 0.2) is 67.3 Å². The van der Waals surface area contributed by atoms with Crippen LogP contribution in [0.5, 0.6) is 0 Å². The van der Waals surface area contributed by atoms with Crippen molar-refractivity contribution in [3.63, 3.8) is 0 Å². The maximum Gasteiger partial charge on any atom is 0.160 e. The summed E-state index contributed by atoms with van der Waals surface area (Å²) in [6.45, 7) is 0. The molecule has 0 aliphatic heterocycles. The summed E-state index contributed by atoms with van der Waals surface area (Å²) in [7, 11) is 0. The van der Waals surface area contributed by atoms with Crippen LogP contribution in [0, 0.1) is 11.2 Å². The highest BCUT2D eigenvalue weighted by molar-refractivity contribution is 6.30. The molecule has 3 aromatic heterocycles. The normalized spacial score (nSPS) is 11.6. The van der Waals surface area contributed by atoms with Gasteiger partial charge in [-0.3, -0.25) is 4.98 Å². The van der Waals surface area contributed by atoms with E-state index in [2.05, 4.69) is 15.0 Å². The van der Waals surface area contributed by atoms with Crippen LogP contribution in [0.4, 0.5) is 4.39 Å². The highest BCUT2D eigenvalue weighted by atomic mass is 35.5. The van der Waals surface area contributed by atoms with Crippen molar-refractivity contribution in [2.24, 2.45) is 5.73 Å². The van der Waals surface area contributed by atoms with E-state index in [-0.39, 0.29) is 5.56 Å². The van der Waals surface area contributed by atoms with Crippen molar-refractivity contribution in [1.82, 2.24) is 15.0 Å². The number of fused-ring (bicyclic) bond motifs is 1. The SMILES string of the molecule is N=C/C(=C\N)c1cncc(-c2cc(-c3cc(Cl)ccc3F)nc3ncccc23)c1. The lowest BCUT2D eigenvalue weighted by Gasteiger charge is -2.11. The van der Waals surface area contributed by atoms with Gasteiger partial charge >= 0.3 is 0 Å². The van der Waals surface area contributed by atoms with Gasteiger partial charge < -0.3 is 11.1 Å². The molecule has 142 valence electrons. The van der Waals surface area contributed by atoms with Crippen LogP contribution < -0.4 is 5.73 Å². The number of allylic oxidation sites excluding steroid dienone is 1. The number of halogens is 2. The molecule has 4 rings (SSSR count). The predicted molar refractivity (Wildman–Crippen MR) is 114 cm³/mol. The summed E-state index contributed by atoms with van der Waals surface area (Å²) in [6.07, 6.45) is 7.48. The van der Waals surface area contributed by atoms with Crippen molar-refractivity contribution in [3.05, 3.63) is 83.7 Å². The second-order valence-corrected chi connectivity index (χ2v) is 6.72. The van der Waals surface area contributed by atoms with Crippen molar-refractivity contribution >= 4 is 34.4 Å². The summed E-state index contributed by atoms with van der Waals surface area (Å²) in [5.41, 5.74) is 9.59. The molecule has 0 saturated carbocycles. The number of benzene rings is 1. The molecule has 3 heterocycles. The lowest BCUT2D eigenvalue weighted by Crippen LogP contribution is -1.96. The van der Waals surface area contributed by atoms with Crippen molar-refractivity contribution in [2.75, 3.05) is 0 Å². The summed E-state index contributed by atoms with van der Waals surface area (Å²) in [4.78, 5) is 13.1. The summed E-state index contributed by atoms with van der Waals surface area (Å²) >= 11 is 6.07. The fourth-order valence-corrected chi connectivity index (χ4v) is 3.27. The first-order valence-electron chi connectivity index (χ1n) is 8.70. The smallest absolute Gasteiger partial charge is 0.160 e. The minimum absolute atomic E-state index is 0.289. The van der Waals surface area contributed by atoms with Gasteiger partial charge in [-0.2, -0.15) is 0 Å². The molecule has 29 heavy (non-hydrogen) atoms. The quantitative estimate of drug-likeness (QED) is 0.464. The molecule has 0 unspecified atom stereocenters. The standard InChI is InChI=1S/C22H15ClFN5/c23-16-3-4-20(24)19(7-16)21-8-18(17-2-1-5-28-22(17)29-21)14-6-13(11-27-12-14)15(9-25)10-26/h1-12,25H,26H2/b15-10+,25-9?. The Morgan fingerprint density at radius 2 is 1.97 bits per heavy atom. The first kappa shape index (κ1) is 18.7. The van der Waals surface area contributed by atoms with Crippen LogP contribution in [-0.4, -0.2) is 21.2 Å². The Bertz CT molecular complexity index is 1270. The van der Waals surface area contributed by atoms with Crippen LogP contribution in [0.3, 0.4) is 0 Å². The molecule has 0 bridgehead atoms. The molecular weight excluding hydrogens is 389 g/mol. The largest absolute Gasteiger partial charge is 0.404 e. The highest BCUT2D eigenvalue weighted by Crippen LogP contribution is 2.33. The van der Waals surface area contributed by atoms with Crippen LogP contribution in [0.25, 0.3) is 39.0 Å².